The van der Waals surface area contributed by atoms with Gasteiger partial charge in [0.05, 0.1) is 21.3 Å². The molecule has 4 heteroatoms. The van der Waals surface area contributed by atoms with Crippen LogP contribution in [0.25, 0.3) is 22.0 Å². The molecule has 1 aromatic heterocycles. The molecule has 0 saturated heterocycles. The minimum Gasteiger partial charge on any atom is -0.497 e. The second-order valence-corrected chi connectivity index (χ2v) is 5.33. The number of nitrogens with zero attached hydrogens (tertiary/aromatic N) is 1. The molecule has 2 aromatic carbocycles. The van der Waals surface area contributed by atoms with Gasteiger partial charge in [0, 0.05) is 17.0 Å². The van der Waals surface area contributed by atoms with E-state index in [1.807, 2.05) is 31.3 Å². The van der Waals surface area contributed by atoms with Crippen LogP contribution in [-0.4, -0.2) is 21.3 Å². The van der Waals surface area contributed by atoms with Crippen molar-refractivity contribution in [2.45, 2.75) is 0 Å². The number of methoxy groups -OCH3 is 3. The molecule has 0 aliphatic carbocycles. The fraction of sp³-hybridized carbons (Fsp3) is 0.211. The molecule has 0 bridgehead atoms. The zero-order chi connectivity index (χ0) is 16.4. The molecular weight excluding hydrogens is 290 g/mol. The first-order valence-corrected chi connectivity index (χ1v) is 7.36. The van der Waals surface area contributed by atoms with Crippen LogP contribution in [0.15, 0.2) is 48.7 Å². The summed E-state index contributed by atoms with van der Waals surface area (Å²) in [7, 11) is 7.01. The van der Waals surface area contributed by atoms with E-state index in [9.17, 15) is 0 Å². The van der Waals surface area contributed by atoms with E-state index in [-0.39, 0.29) is 0 Å². The van der Waals surface area contributed by atoms with Crippen LogP contribution in [0.5, 0.6) is 17.2 Å². The number of pyridine rings is 1. The number of fused-ring (bicyclic) bond motifs is 1. The highest BCUT2D eigenvalue weighted by atomic mass is 16.5. The summed E-state index contributed by atoms with van der Waals surface area (Å²) >= 11 is 0. The van der Waals surface area contributed by atoms with Crippen molar-refractivity contribution < 1.29 is 18.8 Å². The van der Waals surface area contributed by atoms with Crippen molar-refractivity contribution >= 4 is 10.8 Å². The Bertz CT molecular complexity index is 841. The molecule has 118 valence electrons. The maximum absolute atomic E-state index is 5.40. The molecular formula is C19H20NO3+. The van der Waals surface area contributed by atoms with Crippen LogP contribution in [0.4, 0.5) is 0 Å². The summed E-state index contributed by atoms with van der Waals surface area (Å²) in [6.45, 7) is 0. The number of ether oxygens (including phenoxy) is 3. The molecule has 3 rings (SSSR count). The standard InChI is InChI=1S/C19H20NO3/c1-20-12-15-11-19(23-4)18(22-3)10-14(15)9-17(20)13-5-7-16(21-2)8-6-13/h5-12H,1-4H3/q+1. The number of hydrogen-bond donors (Lipinski definition) is 0. The van der Waals surface area contributed by atoms with Crippen molar-refractivity contribution in [2.75, 3.05) is 21.3 Å². The monoisotopic (exact) mass is 310 g/mol. The Morgan fingerprint density at radius 2 is 1.35 bits per heavy atom. The third-order valence-corrected chi connectivity index (χ3v) is 3.98. The number of rotatable bonds is 4. The Hall–Kier alpha value is -2.75. The van der Waals surface area contributed by atoms with Gasteiger partial charge in [0.25, 0.3) is 0 Å². The summed E-state index contributed by atoms with van der Waals surface area (Å²) in [4.78, 5) is 0. The Balaban J connectivity index is 2.15. The molecule has 1 heterocycles. The highest BCUT2D eigenvalue weighted by Gasteiger charge is 2.14. The highest BCUT2D eigenvalue weighted by Crippen LogP contribution is 2.33. The van der Waals surface area contributed by atoms with Gasteiger partial charge >= 0.3 is 0 Å². The van der Waals surface area contributed by atoms with E-state index >= 15 is 0 Å². The predicted octanol–water partition coefficient (Wildman–Crippen LogP) is 3.36. The van der Waals surface area contributed by atoms with Gasteiger partial charge in [-0.05, 0) is 41.8 Å². The fourth-order valence-electron chi connectivity index (χ4n) is 2.72. The van der Waals surface area contributed by atoms with Gasteiger partial charge in [0.1, 0.15) is 12.8 Å². The van der Waals surface area contributed by atoms with Crippen LogP contribution in [-0.2, 0) is 7.05 Å². The molecule has 0 atom stereocenters. The van der Waals surface area contributed by atoms with E-state index in [4.69, 9.17) is 14.2 Å². The average Bonchev–Trinajstić information content (AvgIpc) is 2.60. The van der Waals surface area contributed by atoms with Gasteiger partial charge in [0.15, 0.2) is 17.7 Å². The van der Waals surface area contributed by atoms with Gasteiger partial charge in [-0.25, -0.2) is 4.57 Å². The Kier molecular flexibility index (Phi) is 4.06. The molecule has 0 aliphatic rings. The Morgan fingerprint density at radius 1 is 0.739 bits per heavy atom. The van der Waals surface area contributed by atoms with E-state index < -0.39 is 0 Å². The first-order chi connectivity index (χ1) is 11.2. The number of hydrogen-bond acceptors (Lipinski definition) is 3. The van der Waals surface area contributed by atoms with Gasteiger partial charge in [-0.15, -0.1) is 0 Å². The van der Waals surface area contributed by atoms with Crippen LogP contribution in [0.1, 0.15) is 0 Å². The van der Waals surface area contributed by atoms with E-state index in [0.29, 0.717) is 0 Å². The average molecular weight is 310 g/mol. The molecule has 0 spiro atoms. The molecule has 4 nitrogen and oxygen atoms in total. The molecule has 0 radical (unpaired) electrons. The van der Waals surface area contributed by atoms with E-state index in [0.717, 1.165) is 39.3 Å². The second kappa shape index (κ2) is 6.16. The molecule has 0 unspecified atom stereocenters. The molecule has 0 N–H and O–H groups in total. The summed E-state index contributed by atoms with van der Waals surface area (Å²) < 4.78 is 18.1. The summed E-state index contributed by atoms with van der Waals surface area (Å²) in [5.74, 6) is 2.32. The van der Waals surface area contributed by atoms with Crippen molar-refractivity contribution in [3.63, 3.8) is 0 Å². The van der Waals surface area contributed by atoms with Crippen molar-refractivity contribution in [3.05, 3.63) is 48.7 Å². The van der Waals surface area contributed by atoms with Gasteiger partial charge in [-0.1, -0.05) is 0 Å². The summed E-state index contributed by atoms with van der Waals surface area (Å²) in [6.07, 6.45) is 2.09. The van der Waals surface area contributed by atoms with E-state index in [2.05, 4.69) is 29.0 Å². The summed E-state index contributed by atoms with van der Waals surface area (Å²) in [5.41, 5.74) is 2.25. The lowest BCUT2D eigenvalue weighted by Gasteiger charge is -2.09. The molecule has 0 fully saturated rings. The van der Waals surface area contributed by atoms with Gasteiger partial charge < -0.3 is 14.2 Å². The smallest absolute Gasteiger partial charge is 0.212 e. The first kappa shape index (κ1) is 15.2. The number of benzene rings is 2. The first-order valence-electron chi connectivity index (χ1n) is 7.36. The number of aryl methyl sites for hydroxylation is 1. The highest BCUT2D eigenvalue weighted by molar-refractivity contribution is 5.87. The van der Waals surface area contributed by atoms with Crippen LogP contribution in [0, 0.1) is 0 Å². The molecule has 3 aromatic rings. The lowest BCUT2D eigenvalue weighted by atomic mass is 10.1. The third kappa shape index (κ3) is 2.80. The van der Waals surface area contributed by atoms with E-state index in [1.54, 1.807) is 21.3 Å². The lowest BCUT2D eigenvalue weighted by Crippen LogP contribution is -2.30. The maximum atomic E-state index is 5.40. The summed E-state index contributed by atoms with van der Waals surface area (Å²) in [6, 6.07) is 14.2. The van der Waals surface area contributed by atoms with Gasteiger partial charge in [-0.3, -0.25) is 0 Å². The fourth-order valence-corrected chi connectivity index (χ4v) is 2.72. The van der Waals surface area contributed by atoms with E-state index in [1.165, 1.54) is 0 Å². The van der Waals surface area contributed by atoms with Gasteiger partial charge in [-0.2, -0.15) is 0 Å². The predicted molar refractivity (Wildman–Crippen MR) is 90.2 cm³/mol. The van der Waals surface area contributed by atoms with Crippen LogP contribution < -0.4 is 18.8 Å². The molecule has 0 amide bonds. The minimum atomic E-state index is 0.731. The maximum Gasteiger partial charge on any atom is 0.212 e. The van der Waals surface area contributed by atoms with Crippen molar-refractivity contribution in [1.82, 2.24) is 0 Å². The van der Waals surface area contributed by atoms with Crippen molar-refractivity contribution in [3.8, 4) is 28.5 Å². The largest absolute Gasteiger partial charge is 0.497 e. The zero-order valence-corrected chi connectivity index (χ0v) is 13.8. The molecule has 23 heavy (non-hydrogen) atoms. The van der Waals surface area contributed by atoms with Crippen molar-refractivity contribution in [1.29, 1.82) is 0 Å². The zero-order valence-electron chi connectivity index (χ0n) is 13.8. The number of aromatic nitrogens is 1. The Labute approximate surface area is 135 Å². The summed E-state index contributed by atoms with van der Waals surface area (Å²) in [5, 5.41) is 2.20. The quantitative estimate of drug-likeness (QED) is 0.693. The van der Waals surface area contributed by atoms with Gasteiger partial charge in [0.2, 0.25) is 5.69 Å². The second-order valence-electron chi connectivity index (χ2n) is 5.33. The topological polar surface area (TPSA) is 31.6 Å². The lowest BCUT2D eigenvalue weighted by molar-refractivity contribution is -0.659. The van der Waals surface area contributed by atoms with Crippen LogP contribution >= 0.6 is 0 Å². The molecule has 0 saturated carbocycles. The van der Waals surface area contributed by atoms with Crippen molar-refractivity contribution in [2.24, 2.45) is 7.05 Å². The van der Waals surface area contributed by atoms with Crippen LogP contribution in [0.3, 0.4) is 0 Å². The van der Waals surface area contributed by atoms with Crippen LogP contribution in [0.2, 0.25) is 0 Å². The third-order valence-electron chi connectivity index (χ3n) is 3.98. The normalized spacial score (nSPS) is 10.6. The Morgan fingerprint density at radius 3 is 1.91 bits per heavy atom. The molecule has 0 aliphatic heterocycles. The SMILES string of the molecule is COc1ccc(-c2cc3cc(OC)c(OC)cc3c[n+]2C)cc1. The minimum absolute atomic E-state index is 0.731.